The van der Waals surface area contributed by atoms with E-state index in [1.54, 1.807) is 0 Å². The molecule has 3 aliphatic rings. The van der Waals surface area contributed by atoms with Gasteiger partial charge in [0.25, 0.3) is 0 Å². The summed E-state index contributed by atoms with van der Waals surface area (Å²) in [6.07, 6.45) is 20.7. The Morgan fingerprint density at radius 2 is 1.20 bits per heavy atom. The molecule has 0 N–H and O–H groups in total. The fraction of sp³-hybridized carbons (Fsp3) is 0.0968. The second-order valence-corrected chi connectivity index (χ2v) is 17.4. The number of allylic oxidation sites excluding steroid dienone is 8. The van der Waals surface area contributed by atoms with Crippen molar-refractivity contribution in [1.29, 1.82) is 0 Å². The normalized spacial score (nSPS) is 17.4. The van der Waals surface area contributed by atoms with E-state index in [2.05, 4.69) is 270 Å². The van der Waals surface area contributed by atoms with E-state index in [1.165, 1.54) is 55.9 Å². The fourth-order valence-electron chi connectivity index (χ4n) is 10.4. The van der Waals surface area contributed by atoms with Gasteiger partial charge >= 0.3 is 0 Å². The van der Waals surface area contributed by atoms with Crippen LogP contribution in [0.4, 0.5) is 39.8 Å². The third-order valence-electron chi connectivity index (χ3n) is 13.4. The molecule has 11 rings (SSSR count). The van der Waals surface area contributed by atoms with Crippen molar-refractivity contribution in [2.75, 3.05) is 14.7 Å². The molecular formula is C62H52N4. The Hall–Kier alpha value is -8.08. The van der Waals surface area contributed by atoms with E-state index in [-0.39, 0.29) is 17.9 Å². The minimum atomic E-state index is 0.240. The molecule has 3 atom stereocenters. The van der Waals surface area contributed by atoms with Crippen molar-refractivity contribution in [2.45, 2.75) is 32.2 Å². The zero-order chi connectivity index (χ0) is 44.6. The van der Waals surface area contributed by atoms with E-state index in [1.807, 2.05) is 6.08 Å². The number of anilines is 7. The molecule has 1 aliphatic heterocycles. The van der Waals surface area contributed by atoms with Gasteiger partial charge in [-0.15, -0.1) is 0 Å². The van der Waals surface area contributed by atoms with Crippen LogP contribution < -0.4 is 14.7 Å². The first-order chi connectivity index (χ1) is 32.6. The second-order valence-electron chi connectivity index (χ2n) is 17.4. The van der Waals surface area contributed by atoms with E-state index < -0.39 is 0 Å². The Morgan fingerprint density at radius 3 is 1.86 bits per heavy atom. The Balaban J connectivity index is 0.933. The number of hydrogen-bond donors (Lipinski definition) is 0. The number of benzene rings is 7. The van der Waals surface area contributed by atoms with Gasteiger partial charge in [-0.25, -0.2) is 0 Å². The first-order valence-corrected chi connectivity index (χ1v) is 23.1. The lowest BCUT2D eigenvalue weighted by molar-refractivity contribution is 0.640. The van der Waals surface area contributed by atoms with Crippen LogP contribution in [0.25, 0.3) is 33.8 Å². The minimum absolute atomic E-state index is 0.240. The predicted octanol–water partition coefficient (Wildman–Crippen LogP) is 16.5. The minimum Gasteiger partial charge on any atom is -0.333 e. The topological polar surface area (TPSA) is 14.7 Å². The highest BCUT2D eigenvalue weighted by Crippen LogP contribution is 2.50. The zero-order valence-corrected chi connectivity index (χ0v) is 37.5. The molecule has 0 amide bonds. The Bertz CT molecular complexity index is 3210. The summed E-state index contributed by atoms with van der Waals surface area (Å²) < 4.78 is 2.40. The van der Waals surface area contributed by atoms with Gasteiger partial charge in [0, 0.05) is 79.7 Å². The van der Waals surface area contributed by atoms with Crippen LogP contribution in [0.15, 0.2) is 243 Å². The van der Waals surface area contributed by atoms with Crippen molar-refractivity contribution in [3.63, 3.8) is 0 Å². The largest absolute Gasteiger partial charge is 0.333 e. The smallest absolute Gasteiger partial charge is 0.0629 e. The molecule has 320 valence electrons. The monoisotopic (exact) mass is 852 g/mol. The molecular weight excluding hydrogens is 801 g/mol. The van der Waals surface area contributed by atoms with Crippen LogP contribution in [-0.4, -0.2) is 10.6 Å². The Labute approximate surface area is 389 Å². The maximum Gasteiger partial charge on any atom is 0.0629 e. The summed E-state index contributed by atoms with van der Waals surface area (Å²) in [5.74, 6) is 0.517. The Kier molecular flexibility index (Phi) is 10.8. The highest BCUT2D eigenvalue weighted by atomic mass is 15.2. The molecule has 2 heterocycles. The van der Waals surface area contributed by atoms with Gasteiger partial charge in [-0.2, -0.15) is 0 Å². The van der Waals surface area contributed by atoms with Crippen molar-refractivity contribution < 1.29 is 0 Å². The van der Waals surface area contributed by atoms with Crippen molar-refractivity contribution in [2.24, 2.45) is 5.92 Å². The highest BCUT2D eigenvalue weighted by Gasteiger charge is 2.38. The fourth-order valence-corrected chi connectivity index (χ4v) is 10.4. The third kappa shape index (κ3) is 7.21. The quantitative estimate of drug-likeness (QED) is 0.121. The van der Waals surface area contributed by atoms with Crippen LogP contribution in [0.3, 0.4) is 0 Å². The van der Waals surface area contributed by atoms with Crippen LogP contribution in [-0.2, 0) is 6.42 Å². The first kappa shape index (κ1) is 40.7. The van der Waals surface area contributed by atoms with Gasteiger partial charge in [-0.1, -0.05) is 147 Å². The maximum absolute atomic E-state index is 4.21. The molecule has 0 bridgehead atoms. The van der Waals surface area contributed by atoms with Crippen LogP contribution >= 0.6 is 0 Å². The van der Waals surface area contributed by atoms with Gasteiger partial charge < -0.3 is 19.3 Å². The van der Waals surface area contributed by atoms with Crippen molar-refractivity contribution in [3.8, 4) is 11.1 Å². The van der Waals surface area contributed by atoms with Crippen molar-refractivity contribution in [1.82, 2.24) is 4.57 Å². The highest BCUT2D eigenvalue weighted by molar-refractivity contribution is 5.96. The molecule has 3 unspecified atom stereocenters. The van der Waals surface area contributed by atoms with Gasteiger partial charge in [0.1, 0.15) is 0 Å². The molecule has 0 saturated carbocycles. The lowest BCUT2D eigenvalue weighted by Gasteiger charge is -2.34. The van der Waals surface area contributed by atoms with Gasteiger partial charge in [0.05, 0.1) is 11.6 Å². The predicted molar refractivity (Wildman–Crippen MR) is 281 cm³/mol. The summed E-state index contributed by atoms with van der Waals surface area (Å²) in [5.41, 5.74) is 18.0. The van der Waals surface area contributed by atoms with E-state index in [4.69, 9.17) is 0 Å². The molecule has 1 aromatic heterocycles. The summed E-state index contributed by atoms with van der Waals surface area (Å²) in [6, 6.07) is 66.4. The summed E-state index contributed by atoms with van der Waals surface area (Å²) in [6.45, 7) is 8.62. The molecule has 2 aliphatic carbocycles. The summed E-state index contributed by atoms with van der Waals surface area (Å²) in [4.78, 5) is 7.32. The SMILES string of the molecule is C=C/C(=C\C=C/C)n1c2c(c3ccccc31)C=C(N(c1ccccc1)c1ccc(-c3ccc(N(c4ccccc4)c4ccc5c(c4)C4C=CC=CC4N5c4ccccc4)cc3)cc1)C(C)C2. The van der Waals surface area contributed by atoms with Crippen LogP contribution in [0.2, 0.25) is 0 Å². The molecule has 0 saturated heterocycles. The van der Waals surface area contributed by atoms with Crippen LogP contribution in [0.1, 0.15) is 36.6 Å². The van der Waals surface area contributed by atoms with E-state index in [0.29, 0.717) is 0 Å². The van der Waals surface area contributed by atoms with E-state index in [0.717, 1.165) is 40.6 Å². The third-order valence-corrected chi connectivity index (χ3v) is 13.4. The number of fused-ring (bicyclic) bond motifs is 6. The van der Waals surface area contributed by atoms with Gasteiger partial charge in [0.2, 0.25) is 0 Å². The number of aromatic nitrogens is 1. The molecule has 4 heteroatoms. The van der Waals surface area contributed by atoms with Gasteiger partial charge in [-0.3, -0.25) is 0 Å². The van der Waals surface area contributed by atoms with Gasteiger partial charge in [-0.05, 0) is 133 Å². The lowest BCUT2D eigenvalue weighted by Crippen LogP contribution is -2.28. The standard InChI is InChI=1S/C62H52N4/c1-4-6-20-47(5-2)65-58-29-18-17-28-55(58)57-43-61(44(3)41-62(57)65)64(49-23-12-8-13-24-49)52-37-33-46(34-38-52)45-31-35-51(36-32-45)63(48-21-10-7-11-22-48)53-39-40-60-56(42-53)54-27-16-19-30-59(54)66(60)50-25-14-9-15-26-50/h4-40,42-44,54,59H,2,41H2,1,3H3/b6-4-,47-20+. The maximum atomic E-state index is 4.21. The molecule has 7 aromatic carbocycles. The molecule has 66 heavy (non-hydrogen) atoms. The molecule has 8 aromatic rings. The van der Waals surface area contributed by atoms with Crippen molar-refractivity contribution in [3.05, 3.63) is 260 Å². The van der Waals surface area contributed by atoms with Crippen LogP contribution in [0, 0.1) is 5.92 Å². The Morgan fingerprint density at radius 1 is 0.621 bits per heavy atom. The second kappa shape index (κ2) is 17.5. The molecule has 0 spiro atoms. The number of nitrogens with zero attached hydrogens (tertiary/aromatic N) is 4. The van der Waals surface area contributed by atoms with Gasteiger partial charge in [0.15, 0.2) is 0 Å². The number of rotatable bonds is 11. The molecule has 4 nitrogen and oxygen atoms in total. The van der Waals surface area contributed by atoms with Crippen molar-refractivity contribution >= 4 is 62.5 Å². The summed E-state index contributed by atoms with van der Waals surface area (Å²) in [7, 11) is 0. The van der Waals surface area contributed by atoms with Crippen LogP contribution in [0.5, 0.6) is 0 Å². The number of para-hydroxylation sites is 4. The summed E-state index contributed by atoms with van der Waals surface area (Å²) >= 11 is 0. The molecule has 0 radical (unpaired) electrons. The summed E-state index contributed by atoms with van der Waals surface area (Å²) in [5, 5.41) is 1.25. The zero-order valence-electron chi connectivity index (χ0n) is 37.5. The average Bonchev–Trinajstić information content (AvgIpc) is 3.88. The van der Waals surface area contributed by atoms with E-state index >= 15 is 0 Å². The van der Waals surface area contributed by atoms with E-state index in [9.17, 15) is 0 Å². The average molecular weight is 853 g/mol. The lowest BCUT2D eigenvalue weighted by atomic mass is 9.89. The first-order valence-electron chi connectivity index (χ1n) is 23.1. The molecule has 0 fully saturated rings. The number of hydrogen-bond acceptors (Lipinski definition) is 3.